The van der Waals surface area contributed by atoms with Crippen molar-refractivity contribution in [3.05, 3.63) is 24.0 Å². The molecule has 0 fully saturated rings. The van der Waals surface area contributed by atoms with E-state index in [9.17, 15) is 0 Å². The van der Waals surface area contributed by atoms with Crippen molar-refractivity contribution in [2.75, 3.05) is 6.54 Å². The lowest BCUT2D eigenvalue weighted by molar-refractivity contribution is 0.267. The molecule has 10 heavy (non-hydrogen) atoms. The van der Waals surface area contributed by atoms with Crippen molar-refractivity contribution in [2.24, 2.45) is 5.16 Å². The van der Waals surface area contributed by atoms with Gasteiger partial charge in [-0.15, -0.1) is 0 Å². The molecule has 0 unspecified atom stereocenters. The zero-order valence-corrected chi connectivity index (χ0v) is 5.32. The number of fused-ring (bicyclic) bond motifs is 1. The predicted octanol–water partition coefficient (Wildman–Crippen LogP) is 0.233. The second kappa shape index (κ2) is 2.10. The standard InChI is InChI=1S/C7H6N2O/c1-2-6-5-10-9-4-7(6)8-3-1/h1-2,4-5H,3H2/q+1. The molecular weight excluding hydrogens is 128 g/mol. The summed E-state index contributed by atoms with van der Waals surface area (Å²) in [6.45, 7) is 0.749. The Kier molecular flexibility index (Phi) is 1.13. The number of dihydropyridines is 1. The molecule has 3 heteroatoms. The second-order valence-corrected chi connectivity index (χ2v) is 2.04. The minimum Gasteiger partial charge on any atom is -0.364 e. The van der Waals surface area contributed by atoms with Crippen molar-refractivity contribution >= 4 is 11.9 Å². The lowest BCUT2D eigenvalue weighted by Crippen LogP contribution is -2.18. The quantitative estimate of drug-likeness (QED) is 0.467. The van der Waals surface area contributed by atoms with Crippen LogP contribution in [-0.2, 0) is 4.84 Å². The maximum atomic E-state index is 4.71. The molecule has 1 radical (unpaired) electrons. The summed E-state index contributed by atoms with van der Waals surface area (Å²) in [5, 5.41) is 3.60. The predicted molar refractivity (Wildman–Crippen MR) is 38.8 cm³/mol. The molecule has 0 bridgehead atoms. The van der Waals surface area contributed by atoms with E-state index in [1.165, 1.54) is 0 Å². The number of oxime groups is 1. The Morgan fingerprint density at radius 2 is 2.60 bits per heavy atom. The van der Waals surface area contributed by atoms with Gasteiger partial charge in [0.25, 0.3) is 0 Å². The number of nitrogens with zero attached hydrogens (tertiary/aromatic N) is 2. The second-order valence-electron chi connectivity index (χ2n) is 2.04. The molecule has 2 aliphatic rings. The van der Waals surface area contributed by atoms with Crippen molar-refractivity contribution in [2.45, 2.75) is 0 Å². The average Bonchev–Trinajstić information content (AvgIpc) is 2.05. The van der Waals surface area contributed by atoms with Gasteiger partial charge in [0, 0.05) is 4.99 Å². The fourth-order valence-electron chi connectivity index (χ4n) is 0.890. The van der Waals surface area contributed by atoms with Crippen LogP contribution in [0.25, 0.3) is 0 Å². The van der Waals surface area contributed by atoms with Gasteiger partial charge in [0.15, 0.2) is 0 Å². The summed E-state index contributed by atoms with van der Waals surface area (Å²) in [5.41, 5.74) is 1.91. The Bertz CT molecular complexity index is 233. The molecule has 3 nitrogen and oxygen atoms in total. The third kappa shape index (κ3) is 0.757. The minimum atomic E-state index is 0.749. The fraction of sp³-hybridized carbons (Fsp3) is 0.143. The van der Waals surface area contributed by atoms with Crippen molar-refractivity contribution in [3.63, 3.8) is 0 Å². The maximum absolute atomic E-state index is 4.71. The van der Waals surface area contributed by atoms with E-state index in [2.05, 4.69) is 10.1 Å². The monoisotopic (exact) mass is 134 g/mol. The Morgan fingerprint density at radius 3 is 3.50 bits per heavy atom. The topological polar surface area (TPSA) is 35.7 Å². The van der Waals surface area contributed by atoms with Crippen LogP contribution in [0.4, 0.5) is 0 Å². The van der Waals surface area contributed by atoms with E-state index in [1.807, 2.05) is 12.2 Å². The maximum Gasteiger partial charge on any atom is 0.302 e. The van der Waals surface area contributed by atoms with E-state index < -0.39 is 0 Å². The van der Waals surface area contributed by atoms with Gasteiger partial charge in [0.2, 0.25) is 6.54 Å². The van der Waals surface area contributed by atoms with E-state index in [1.54, 1.807) is 12.5 Å². The Labute approximate surface area is 58.4 Å². The molecule has 0 amide bonds. The smallest absolute Gasteiger partial charge is 0.302 e. The summed E-state index contributed by atoms with van der Waals surface area (Å²) >= 11 is 0. The lowest BCUT2D eigenvalue weighted by atomic mass is 10.1. The number of allylic oxidation sites excluding steroid dienone is 2. The third-order valence-corrected chi connectivity index (χ3v) is 1.38. The van der Waals surface area contributed by atoms with E-state index >= 15 is 0 Å². The number of rotatable bonds is 0. The van der Waals surface area contributed by atoms with Gasteiger partial charge in [-0.2, -0.15) is 0 Å². The summed E-state index contributed by atoms with van der Waals surface area (Å²) in [6, 6.07) is 0. The van der Waals surface area contributed by atoms with Crippen LogP contribution in [0, 0.1) is 0 Å². The Hall–Kier alpha value is -1.38. The van der Waals surface area contributed by atoms with Gasteiger partial charge < -0.3 is 4.84 Å². The lowest BCUT2D eigenvalue weighted by Gasteiger charge is -1.99. The largest absolute Gasteiger partial charge is 0.364 e. The molecule has 49 valence electrons. The highest BCUT2D eigenvalue weighted by molar-refractivity contribution is 6.38. The van der Waals surface area contributed by atoms with E-state index in [-0.39, 0.29) is 0 Å². The zero-order valence-electron chi connectivity index (χ0n) is 5.32. The molecular formula is C7H6N2O+. The molecule has 0 aromatic carbocycles. The Balaban J connectivity index is 2.38. The molecule has 2 aliphatic heterocycles. The van der Waals surface area contributed by atoms with Crippen LogP contribution in [0.15, 0.2) is 29.1 Å². The molecule has 0 spiro atoms. The van der Waals surface area contributed by atoms with Crippen LogP contribution in [-0.4, -0.2) is 18.5 Å². The molecule has 0 aromatic rings. The molecule has 0 aromatic heterocycles. The van der Waals surface area contributed by atoms with Gasteiger partial charge in [-0.05, 0) is 12.2 Å². The highest BCUT2D eigenvalue weighted by Crippen LogP contribution is 2.05. The van der Waals surface area contributed by atoms with Gasteiger partial charge in [-0.3, -0.25) is 0 Å². The highest BCUT2D eigenvalue weighted by Gasteiger charge is 2.19. The molecule has 0 saturated heterocycles. The first-order chi connectivity index (χ1) is 4.97. The van der Waals surface area contributed by atoms with E-state index in [4.69, 9.17) is 4.84 Å². The first-order valence-corrected chi connectivity index (χ1v) is 3.07. The summed E-state index contributed by atoms with van der Waals surface area (Å²) in [5.74, 6) is 0. The van der Waals surface area contributed by atoms with Crippen LogP contribution in [0.1, 0.15) is 0 Å². The van der Waals surface area contributed by atoms with Crippen LogP contribution < -0.4 is 4.99 Å². The molecule has 0 atom stereocenters. The molecule has 0 N–H and O–H groups in total. The first-order valence-electron chi connectivity index (χ1n) is 3.07. The molecule has 2 rings (SSSR count). The fourth-order valence-corrected chi connectivity index (χ4v) is 0.890. The summed E-state index contributed by atoms with van der Waals surface area (Å²) in [7, 11) is 0. The normalized spacial score (nSPS) is 20.8. The highest BCUT2D eigenvalue weighted by atomic mass is 16.6. The minimum absolute atomic E-state index is 0.749. The van der Waals surface area contributed by atoms with E-state index in [0.717, 1.165) is 17.8 Å². The number of hydrogen-bond acceptors (Lipinski definition) is 3. The van der Waals surface area contributed by atoms with E-state index in [0.29, 0.717) is 0 Å². The van der Waals surface area contributed by atoms with Gasteiger partial charge in [0.05, 0.1) is 5.57 Å². The summed E-state index contributed by atoms with van der Waals surface area (Å²) in [4.78, 5) is 8.90. The van der Waals surface area contributed by atoms with Crippen LogP contribution in [0.5, 0.6) is 0 Å². The van der Waals surface area contributed by atoms with Crippen molar-refractivity contribution in [1.29, 1.82) is 0 Å². The zero-order chi connectivity index (χ0) is 6.81. The van der Waals surface area contributed by atoms with Crippen LogP contribution >= 0.6 is 0 Å². The number of hydrogen-bond donors (Lipinski definition) is 0. The number of aliphatic imine (C=N–C) groups is 1. The van der Waals surface area contributed by atoms with Crippen LogP contribution in [0.2, 0.25) is 0 Å². The van der Waals surface area contributed by atoms with Crippen molar-refractivity contribution < 1.29 is 4.84 Å². The van der Waals surface area contributed by atoms with Gasteiger partial charge in [0.1, 0.15) is 12.5 Å². The SMILES string of the molecule is C1=CC2=CON=CC2=[N+]C1. The van der Waals surface area contributed by atoms with Gasteiger partial charge in [-0.25, -0.2) is 0 Å². The van der Waals surface area contributed by atoms with Crippen LogP contribution in [0.3, 0.4) is 0 Å². The first kappa shape index (κ1) is 5.41. The van der Waals surface area contributed by atoms with Crippen molar-refractivity contribution in [3.8, 4) is 0 Å². The van der Waals surface area contributed by atoms with Gasteiger partial charge in [-0.1, -0.05) is 5.16 Å². The molecule has 2 heterocycles. The average molecular weight is 134 g/mol. The van der Waals surface area contributed by atoms with Crippen molar-refractivity contribution in [1.82, 2.24) is 4.99 Å². The summed E-state index contributed by atoms with van der Waals surface area (Å²) in [6.07, 6.45) is 7.18. The third-order valence-electron chi connectivity index (χ3n) is 1.38. The molecule has 0 aliphatic carbocycles. The Morgan fingerprint density at radius 1 is 1.60 bits per heavy atom. The molecule has 0 saturated carbocycles. The summed E-state index contributed by atoms with van der Waals surface area (Å²) < 4.78 is 0. The van der Waals surface area contributed by atoms with Gasteiger partial charge >= 0.3 is 5.71 Å².